The van der Waals surface area contributed by atoms with Crippen molar-refractivity contribution < 1.29 is 13.5 Å². The monoisotopic (exact) mass is 446 g/mol. The fraction of sp³-hybridized carbons (Fsp3) is 0.333. The molecule has 0 N–H and O–H groups in total. The molecule has 1 nitrogen and oxygen atoms in total. The Morgan fingerprint density at radius 1 is 0.848 bits per heavy atom. The van der Waals surface area contributed by atoms with Crippen LogP contribution in [-0.4, -0.2) is 0 Å². The third-order valence-electron chi connectivity index (χ3n) is 6.88. The summed E-state index contributed by atoms with van der Waals surface area (Å²) in [5.41, 5.74) is 4.97. The summed E-state index contributed by atoms with van der Waals surface area (Å²) in [7, 11) is 0. The van der Waals surface area contributed by atoms with Gasteiger partial charge in [0.2, 0.25) is 5.82 Å². The topological polar surface area (TPSA) is 9.23 Å². The van der Waals surface area contributed by atoms with E-state index in [0.29, 0.717) is 11.5 Å². The predicted octanol–water partition coefficient (Wildman–Crippen LogP) is 8.76. The lowest BCUT2D eigenvalue weighted by Crippen LogP contribution is -2.14. The van der Waals surface area contributed by atoms with Crippen molar-refractivity contribution >= 4 is 0 Å². The minimum Gasteiger partial charge on any atom is -0.462 e. The average molecular weight is 447 g/mol. The van der Waals surface area contributed by atoms with Gasteiger partial charge in [0.05, 0.1) is 6.26 Å². The molecule has 0 amide bonds. The van der Waals surface area contributed by atoms with E-state index in [1.165, 1.54) is 61.1 Å². The van der Waals surface area contributed by atoms with Gasteiger partial charge in [0, 0.05) is 5.56 Å². The quantitative estimate of drug-likeness (QED) is 0.330. The first-order valence-electron chi connectivity index (χ1n) is 12.0. The molecular weight excluding hydrogens is 414 g/mol. The van der Waals surface area contributed by atoms with Crippen molar-refractivity contribution in [1.82, 2.24) is 0 Å². The van der Waals surface area contributed by atoms with Crippen molar-refractivity contribution in [3.63, 3.8) is 0 Å². The van der Waals surface area contributed by atoms with E-state index in [1.807, 2.05) is 24.3 Å². The Balaban J connectivity index is 1.31. The highest BCUT2D eigenvalue weighted by Gasteiger charge is 2.22. The van der Waals surface area contributed by atoms with E-state index in [-0.39, 0.29) is 11.3 Å². The number of rotatable bonds is 7. The predicted molar refractivity (Wildman–Crippen MR) is 131 cm³/mol. The molecule has 1 aliphatic carbocycles. The van der Waals surface area contributed by atoms with Crippen LogP contribution >= 0.6 is 0 Å². The van der Waals surface area contributed by atoms with Crippen LogP contribution in [0.1, 0.15) is 61.6 Å². The molecule has 0 radical (unpaired) electrons. The molecule has 1 saturated carbocycles. The Morgan fingerprint density at radius 3 is 2.21 bits per heavy atom. The zero-order chi connectivity index (χ0) is 23.2. The maximum atomic E-state index is 14.6. The van der Waals surface area contributed by atoms with Gasteiger partial charge in [-0.15, -0.1) is 0 Å². The third-order valence-corrected chi connectivity index (χ3v) is 6.88. The Kier molecular flexibility index (Phi) is 7.59. The minimum absolute atomic E-state index is 0.108. The summed E-state index contributed by atoms with van der Waals surface area (Å²) in [4.78, 5) is 0. The largest absolute Gasteiger partial charge is 0.462 e. The first-order valence-corrected chi connectivity index (χ1v) is 12.0. The summed E-state index contributed by atoms with van der Waals surface area (Å²) in [6.45, 7) is 3.89. The van der Waals surface area contributed by atoms with Crippen LogP contribution in [0.25, 0.3) is 11.1 Å². The van der Waals surface area contributed by atoms with E-state index < -0.39 is 11.6 Å². The number of aryl methyl sites for hydroxylation is 2. The summed E-state index contributed by atoms with van der Waals surface area (Å²) in [6.07, 6.45) is 10.3. The highest BCUT2D eigenvalue weighted by molar-refractivity contribution is 5.65. The molecule has 0 atom stereocenters. The van der Waals surface area contributed by atoms with Crippen molar-refractivity contribution in [2.45, 2.75) is 58.3 Å². The number of hydrogen-bond donors (Lipinski definition) is 0. The van der Waals surface area contributed by atoms with Crippen LogP contribution in [0.15, 0.2) is 73.0 Å². The van der Waals surface area contributed by atoms with Crippen LogP contribution in [0.3, 0.4) is 0 Å². The smallest absolute Gasteiger partial charge is 0.201 e. The number of allylic oxidation sites excluding steroid dienone is 1. The van der Waals surface area contributed by atoms with Crippen LogP contribution in [0, 0.1) is 24.5 Å². The molecule has 0 heterocycles. The van der Waals surface area contributed by atoms with Gasteiger partial charge in [-0.25, -0.2) is 4.39 Å². The summed E-state index contributed by atoms with van der Waals surface area (Å²) in [5.74, 6) is -0.483. The van der Waals surface area contributed by atoms with E-state index in [4.69, 9.17) is 4.74 Å². The molecule has 1 aliphatic rings. The Morgan fingerprint density at radius 2 is 1.55 bits per heavy atom. The number of benzene rings is 3. The fourth-order valence-corrected chi connectivity index (χ4v) is 4.83. The van der Waals surface area contributed by atoms with E-state index >= 15 is 0 Å². The molecule has 0 aromatic heterocycles. The highest BCUT2D eigenvalue weighted by atomic mass is 19.2. The lowest BCUT2D eigenvalue weighted by atomic mass is 9.77. The zero-order valence-corrected chi connectivity index (χ0v) is 19.5. The maximum Gasteiger partial charge on any atom is 0.201 e. The van der Waals surface area contributed by atoms with Gasteiger partial charge in [-0.3, -0.25) is 0 Å². The van der Waals surface area contributed by atoms with Crippen LogP contribution < -0.4 is 4.74 Å². The molecule has 0 spiro atoms. The normalized spacial score (nSPS) is 18.5. The van der Waals surface area contributed by atoms with Gasteiger partial charge in [-0.05, 0) is 93.0 Å². The summed E-state index contributed by atoms with van der Waals surface area (Å²) in [6, 6.07) is 19.9. The lowest BCUT2D eigenvalue weighted by molar-refractivity contribution is 0.310. The third kappa shape index (κ3) is 5.71. The molecule has 0 unspecified atom stereocenters. The van der Waals surface area contributed by atoms with E-state index in [9.17, 15) is 8.78 Å². The molecule has 0 aliphatic heterocycles. The second-order valence-electron chi connectivity index (χ2n) is 9.19. The van der Waals surface area contributed by atoms with E-state index in [2.05, 4.69) is 31.2 Å². The van der Waals surface area contributed by atoms with E-state index in [1.54, 1.807) is 19.1 Å². The number of hydrogen-bond acceptors (Lipinski definition) is 1. The SMILES string of the molecule is C/C=C/Oc1ccc(-c2ccc(CCC3CCC(c4ccc(C)cc4)CC3)cc2)c(F)c1F. The van der Waals surface area contributed by atoms with Gasteiger partial charge < -0.3 is 4.74 Å². The van der Waals surface area contributed by atoms with Gasteiger partial charge in [0.25, 0.3) is 0 Å². The molecule has 172 valence electrons. The van der Waals surface area contributed by atoms with Crippen LogP contribution in [-0.2, 0) is 6.42 Å². The molecule has 33 heavy (non-hydrogen) atoms. The molecule has 3 aromatic carbocycles. The average Bonchev–Trinajstić information content (AvgIpc) is 2.85. The van der Waals surface area contributed by atoms with Crippen LogP contribution in [0.5, 0.6) is 5.75 Å². The van der Waals surface area contributed by atoms with Crippen molar-refractivity contribution in [1.29, 1.82) is 0 Å². The molecular formula is C30H32F2O. The molecule has 1 fully saturated rings. The maximum absolute atomic E-state index is 14.6. The fourth-order valence-electron chi connectivity index (χ4n) is 4.83. The standard InChI is InChI=1S/C30H32F2O/c1-3-20-33-28-19-18-27(29(31)30(28)32)26-16-10-23(11-17-26)7-6-22-8-14-25(15-9-22)24-12-4-21(2)5-13-24/h3-5,10-13,16-20,22,25H,6-9,14-15H2,1-2H3/b20-3+. The van der Waals surface area contributed by atoms with Crippen molar-refractivity contribution in [3.05, 3.63) is 101 Å². The van der Waals surface area contributed by atoms with Gasteiger partial charge in [-0.1, -0.05) is 60.2 Å². The second-order valence-corrected chi connectivity index (χ2v) is 9.19. The summed E-state index contributed by atoms with van der Waals surface area (Å²) in [5, 5.41) is 0. The summed E-state index contributed by atoms with van der Waals surface area (Å²) < 4.78 is 34.0. The van der Waals surface area contributed by atoms with Crippen molar-refractivity contribution in [2.24, 2.45) is 5.92 Å². The number of ether oxygens (including phenoxy) is 1. The molecule has 4 rings (SSSR count). The van der Waals surface area contributed by atoms with Gasteiger partial charge in [-0.2, -0.15) is 4.39 Å². The zero-order valence-electron chi connectivity index (χ0n) is 19.5. The van der Waals surface area contributed by atoms with Crippen LogP contribution in [0.4, 0.5) is 8.78 Å². The Labute approximate surface area is 196 Å². The minimum atomic E-state index is -0.962. The first-order chi connectivity index (χ1) is 16.0. The second kappa shape index (κ2) is 10.8. The molecule has 3 aromatic rings. The lowest BCUT2D eigenvalue weighted by Gasteiger charge is -2.29. The molecule has 0 bridgehead atoms. The number of halogens is 2. The van der Waals surface area contributed by atoms with Gasteiger partial charge in [0.1, 0.15) is 0 Å². The first kappa shape index (κ1) is 23.2. The van der Waals surface area contributed by atoms with E-state index in [0.717, 1.165) is 12.3 Å². The van der Waals surface area contributed by atoms with Crippen molar-refractivity contribution in [2.75, 3.05) is 0 Å². The van der Waals surface area contributed by atoms with Gasteiger partial charge >= 0.3 is 0 Å². The molecule has 3 heteroatoms. The van der Waals surface area contributed by atoms with Crippen LogP contribution in [0.2, 0.25) is 0 Å². The highest BCUT2D eigenvalue weighted by Crippen LogP contribution is 2.37. The van der Waals surface area contributed by atoms with Gasteiger partial charge in [0.15, 0.2) is 11.6 Å². The van der Waals surface area contributed by atoms with Crippen molar-refractivity contribution in [3.8, 4) is 16.9 Å². The molecule has 0 saturated heterocycles. The summed E-state index contributed by atoms with van der Waals surface area (Å²) >= 11 is 0. The Bertz CT molecular complexity index is 1080. The Hall–Kier alpha value is -2.94.